The maximum Gasteiger partial charge on any atom is 0.0405 e. The minimum atomic E-state index is 0.190. The van der Waals surface area contributed by atoms with Gasteiger partial charge in [0.1, 0.15) is 0 Å². The van der Waals surface area contributed by atoms with Crippen LogP contribution in [0.4, 0.5) is 0 Å². The van der Waals surface area contributed by atoms with Crippen LogP contribution in [0.15, 0.2) is 0 Å². The Bertz CT molecular complexity index is 102. The topological polar surface area (TPSA) is 12.0 Å². The molecule has 0 aromatic rings. The van der Waals surface area contributed by atoms with Crippen LogP contribution in [0.25, 0.3) is 0 Å². The number of hydrogen-bond donors (Lipinski definition) is 1. The van der Waals surface area contributed by atoms with Gasteiger partial charge in [0, 0.05) is 11.4 Å². The van der Waals surface area contributed by atoms with Gasteiger partial charge in [-0.3, -0.25) is 0 Å². The lowest BCUT2D eigenvalue weighted by atomic mass is 9.95. The lowest BCUT2D eigenvalue weighted by molar-refractivity contribution is 0.333. The number of halogens is 1. The predicted molar refractivity (Wildman–Crippen MR) is 61.6 cm³/mol. The zero-order valence-electron chi connectivity index (χ0n) is 9.33. The predicted octanol–water partition coefficient (Wildman–Crippen LogP) is 3.56. The molecule has 0 amide bonds. The molecule has 0 spiro atoms. The molecule has 0 saturated carbocycles. The molecule has 0 aromatic carbocycles. The van der Waals surface area contributed by atoms with Crippen molar-refractivity contribution < 1.29 is 0 Å². The summed E-state index contributed by atoms with van der Waals surface area (Å²) in [4.78, 5) is 0. The third kappa shape index (κ3) is 4.87. The Balaban J connectivity index is 3.68. The van der Waals surface area contributed by atoms with Gasteiger partial charge in [0.15, 0.2) is 0 Å². The van der Waals surface area contributed by atoms with Crippen molar-refractivity contribution in [2.75, 3.05) is 12.4 Å². The van der Waals surface area contributed by atoms with Crippen LogP contribution in [-0.4, -0.2) is 18.0 Å². The second-order valence-corrected chi connectivity index (χ2v) is 4.02. The number of unbranched alkanes of at least 4 members (excludes halogenated alkanes) is 2. The number of alkyl halides is 1. The highest BCUT2D eigenvalue weighted by atomic mass is 35.5. The fourth-order valence-electron chi connectivity index (χ4n) is 1.46. The van der Waals surface area contributed by atoms with E-state index in [1.807, 2.05) is 0 Å². The third-order valence-electron chi connectivity index (χ3n) is 2.89. The molecule has 0 aliphatic heterocycles. The van der Waals surface area contributed by atoms with Gasteiger partial charge in [0.2, 0.25) is 0 Å². The molecule has 2 heteroatoms. The van der Waals surface area contributed by atoms with Gasteiger partial charge in [-0.2, -0.15) is 0 Å². The van der Waals surface area contributed by atoms with Crippen molar-refractivity contribution in [1.29, 1.82) is 0 Å². The van der Waals surface area contributed by atoms with E-state index in [1.54, 1.807) is 0 Å². The van der Waals surface area contributed by atoms with E-state index in [4.69, 9.17) is 11.6 Å². The van der Waals surface area contributed by atoms with Gasteiger partial charge < -0.3 is 5.32 Å². The molecule has 0 atom stereocenters. The van der Waals surface area contributed by atoms with E-state index in [0.717, 1.165) is 25.3 Å². The Hall–Kier alpha value is 0.250. The van der Waals surface area contributed by atoms with E-state index in [2.05, 4.69) is 26.1 Å². The molecule has 0 aromatic heterocycles. The normalized spacial score (nSPS) is 12.0. The van der Waals surface area contributed by atoms with Crippen LogP contribution in [0, 0.1) is 0 Å². The monoisotopic (exact) mass is 205 g/mol. The van der Waals surface area contributed by atoms with E-state index in [-0.39, 0.29) is 5.54 Å². The van der Waals surface area contributed by atoms with Gasteiger partial charge in [-0.1, -0.05) is 33.6 Å². The van der Waals surface area contributed by atoms with Crippen molar-refractivity contribution in [2.45, 2.75) is 58.4 Å². The molecule has 80 valence electrons. The molecule has 1 N–H and O–H groups in total. The standard InChI is InChI=1S/C11H24ClN/c1-4-7-8-9-13-11(5-2,6-3)10-12/h13H,4-10H2,1-3H3. The minimum Gasteiger partial charge on any atom is -0.310 e. The van der Waals surface area contributed by atoms with Gasteiger partial charge >= 0.3 is 0 Å². The largest absolute Gasteiger partial charge is 0.310 e. The van der Waals surface area contributed by atoms with Crippen molar-refractivity contribution in [3.63, 3.8) is 0 Å². The first-order valence-electron chi connectivity index (χ1n) is 5.55. The molecule has 0 unspecified atom stereocenters. The first-order chi connectivity index (χ1) is 6.24. The molecule has 1 nitrogen and oxygen atoms in total. The van der Waals surface area contributed by atoms with Gasteiger partial charge in [0.25, 0.3) is 0 Å². The molecule has 0 aliphatic carbocycles. The molecule has 0 radical (unpaired) electrons. The van der Waals surface area contributed by atoms with Gasteiger partial charge in [-0.05, 0) is 25.8 Å². The van der Waals surface area contributed by atoms with E-state index in [9.17, 15) is 0 Å². The fraction of sp³-hybridized carbons (Fsp3) is 1.00. The highest BCUT2D eigenvalue weighted by molar-refractivity contribution is 6.18. The fourth-order valence-corrected chi connectivity index (χ4v) is 1.94. The van der Waals surface area contributed by atoms with Crippen LogP contribution in [0.1, 0.15) is 52.9 Å². The Kier molecular flexibility index (Phi) is 7.78. The molecular weight excluding hydrogens is 182 g/mol. The molecule has 0 saturated heterocycles. The molecule has 0 rings (SSSR count). The third-order valence-corrected chi connectivity index (χ3v) is 3.40. The Morgan fingerprint density at radius 1 is 1.08 bits per heavy atom. The maximum absolute atomic E-state index is 5.97. The van der Waals surface area contributed by atoms with Gasteiger partial charge in [-0.15, -0.1) is 11.6 Å². The zero-order chi connectivity index (χ0) is 10.2. The minimum absolute atomic E-state index is 0.190. The average molecular weight is 206 g/mol. The second kappa shape index (κ2) is 7.64. The van der Waals surface area contributed by atoms with E-state index in [1.165, 1.54) is 19.3 Å². The quantitative estimate of drug-likeness (QED) is 0.472. The summed E-state index contributed by atoms with van der Waals surface area (Å²) in [7, 11) is 0. The summed E-state index contributed by atoms with van der Waals surface area (Å²) in [5.41, 5.74) is 0.190. The SMILES string of the molecule is CCCCCNC(CC)(CC)CCl. The summed E-state index contributed by atoms with van der Waals surface area (Å²) in [6, 6.07) is 0. The van der Waals surface area contributed by atoms with E-state index in [0.29, 0.717) is 0 Å². The molecule has 0 fully saturated rings. The Morgan fingerprint density at radius 3 is 2.08 bits per heavy atom. The van der Waals surface area contributed by atoms with E-state index < -0.39 is 0 Å². The van der Waals surface area contributed by atoms with E-state index >= 15 is 0 Å². The summed E-state index contributed by atoms with van der Waals surface area (Å²) in [6.07, 6.45) is 6.12. The highest BCUT2D eigenvalue weighted by Gasteiger charge is 2.23. The highest BCUT2D eigenvalue weighted by Crippen LogP contribution is 2.16. The lowest BCUT2D eigenvalue weighted by Gasteiger charge is -2.30. The molecule has 0 heterocycles. The number of rotatable bonds is 8. The summed E-state index contributed by atoms with van der Waals surface area (Å²) in [6.45, 7) is 7.76. The maximum atomic E-state index is 5.97. The Morgan fingerprint density at radius 2 is 1.69 bits per heavy atom. The van der Waals surface area contributed by atoms with Crippen molar-refractivity contribution in [2.24, 2.45) is 0 Å². The van der Waals surface area contributed by atoms with Crippen LogP contribution in [-0.2, 0) is 0 Å². The smallest absolute Gasteiger partial charge is 0.0405 e. The lowest BCUT2D eigenvalue weighted by Crippen LogP contribution is -2.46. The molecule has 13 heavy (non-hydrogen) atoms. The zero-order valence-corrected chi connectivity index (χ0v) is 10.1. The van der Waals surface area contributed by atoms with Crippen LogP contribution in [0.5, 0.6) is 0 Å². The van der Waals surface area contributed by atoms with Gasteiger partial charge in [0.05, 0.1) is 0 Å². The van der Waals surface area contributed by atoms with Crippen LogP contribution in [0.2, 0.25) is 0 Å². The van der Waals surface area contributed by atoms with Crippen molar-refractivity contribution in [3.05, 3.63) is 0 Å². The Labute approximate surface area is 88.2 Å². The summed E-state index contributed by atoms with van der Waals surface area (Å²) >= 11 is 5.97. The van der Waals surface area contributed by atoms with Crippen LogP contribution >= 0.6 is 11.6 Å². The summed E-state index contributed by atoms with van der Waals surface area (Å²) in [5, 5.41) is 3.59. The summed E-state index contributed by atoms with van der Waals surface area (Å²) in [5.74, 6) is 0.728. The number of hydrogen-bond acceptors (Lipinski definition) is 1. The first kappa shape index (κ1) is 13.2. The van der Waals surface area contributed by atoms with Crippen LogP contribution < -0.4 is 5.32 Å². The van der Waals surface area contributed by atoms with Crippen molar-refractivity contribution in [3.8, 4) is 0 Å². The van der Waals surface area contributed by atoms with Gasteiger partial charge in [-0.25, -0.2) is 0 Å². The summed E-state index contributed by atoms with van der Waals surface area (Å²) < 4.78 is 0. The first-order valence-corrected chi connectivity index (χ1v) is 6.09. The average Bonchev–Trinajstić information content (AvgIpc) is 2.20. The van der Waals surface area contributed by atoms with Crippen molar-refractivity contribution >= 4 is 11.6 Å². The molecular formula is C11H24ClN. The van der Waals surface area contributed by atoms with Crippen LogP contribution in [0.3, 0.4) is 0 Å². The molecule has 0 bridgehead atoms. The second-order valence-electron chi connectivity index (χ2n) is 3.75. The number of nitrogens with one attached hydrogen (secondary N) is 1. The van der Waals surface area contributed by atoms with Crippen molar-refractivity contribution in [1.82, 2.24) is 5.32 Å². The molecule has 0 aliphatic rings.